The van der Waals surface area contributed by atoms with Crippen molar-refractivity contribution in [3.63, 3.8) is 0 Å². The Labute approximate surface area is 111 Å². The second-order valence-electron chi connectivity index (χ2n) is 3.78. The van der Waals surface area contributed by atoms with Gasteiger partial charge in [-0.15, -0.1) is 11.3 Å². The first kappa shape index (κ1) is 12.5. The third-order valence-electron chi connectivity index (χ3n) is 2.46. The quantitative estimate of drug-likeness (QED) is 0.768. The Kier molecular flexibility index (Phi) is 3.74. The van der Waals surface area contributed by atoms with Crippen molar-refractivity contribution in [1.29, 1.82) is 0 Å². The molecule has 0 amide bonds. The molecular formula is C13H10BrFOS. The van der Waals surface area contributed by atoms with E-state index < -0.39 is 0 Å². The number of benzene rings is 1. The number of aryl methyl sites for hydroxylation is 1. The number of carbonyl (C=O) groups excluding carboxylic acids is 1. The van der Waals surface area contributed by atoms with Crippen molar-refractivity contribution in [3.8, 4) is 0 Å². The van der Waals surface area contributed by atoms with Crippen LogP contribution < -0.4 is 0 Å². The number of Topliss-reactive ketones (excluding diaryl/α,β-unsaturated/α-hetero) is 1. The van der Waals surface area contributed by atoms with Gasteiger partial charge in [0.05, 0.1) is 9.35 Å². The molecule has 0 fully saturated rings. The number of thiophene rings is 1. The van der Waals surface area contributed by atoms with Crippen molar-refractivity contribution < 1.29 is 9.18 Å². The number of carbonyl (C=O) groups is 1. The molecule has 88 valence electrons. The Bertz CT molecular complexity index is 562. The predicted octanol–water partition coefficient (Wildman–Crippen LogP) is 4.38. The molecule has 0 unspecified atom stereocenters. The lowest BCUT2D eigenvalue weighted by Gasteiger charge is -2.02. The predicted molar refractivity (Wildman–Crippen MR) is 71.2 cm³/mol. The Morgan fingerprint density at radius 1 is 1.41 bits per heavy atom. The fourth-order valence-electron chi connectivity index (χ4n) is 1.57. The van der Waals surface area contributed by atoms with Crippen LogP contribution in [0.25, 0.3) is 0 Å². The lowest BCUT2D eigenvalue weighted by molar-refractivity contribution is 0.0996. The fourth-order valence-corrected chi connectivity index (χ4v) is 2.87. The van der Waals surface area contributed by atoms with E-state index in [1.807, 2.05) is 18.4 Å². The van der Waals surface area contributed by atoms with Gasteiger partial charge >= 0.3 is 0 Å². The summed E-state index contributed by atoms with van der Waals surface area (Å²) in [6, 6.07) is 6.59. The largest absolute Gasteiger partial charge is 0.293 e. The van der Waals surface area contributed by atoms with Crippen LogP contribution in [0.15, 0.2) is 34.1 Å². The van der Waals surface area contributed by atoms with Crippen molar-refractivity contribution in [2.75, 3.05) is 0 Å². The van der Waals surface area contributed by atoms with Crippen LogP contribution in [0.5, 0.6) is 0 Å². The molecule has 0 spiro atoms. The maximum Gasteiger partial charge on any atom is 0.177 e. The zero-order valence-corrected chi connectivity index (χ0v) is 11.6. The summed E-state index contributed by atoms with van der Waals surface area (Å²) in [6.45, 7) is 1.92. The molecule has 17 heavy (non-hydrogen) atoms. The highest BCUT2D eigenvalue weighted by Gasteiger charge is 2.12. The smallest absolute Gasteiger partial charge is 0.177 e. The molecule has 0 bridgehead atoms. The minimum Gasteiger partial charge on any atom is -0.293 e. The molecule has 0 saturated carbocycles. The van der Waals surface area contributed by atoms with E-state index in [0.29, 0.717) is 10.9 Å². The van der Waals surface area contributed by atoms with Gasteiger partial charge in [-0.2, -0.15) is 0 Å². The lowest BCUT2D eigenvalue weighted by atomic mass is 10.1. The molecule has 0 atom stereocenters. The van der Waals surface area contributed by atoms with Gasteiger partial charge in [0.15, 0.2) is 5.78 Å². The van der Waals surface area contributed by atoms with Gasteiger partial charge in [-0.3, -0.25) is 4.79 Å². The van der Waals surface area contributed by atoms with Crippen molar-refractivity contribution in [3.05, 3.63) is 55.9 Å². The molecule has 2 aromatic rings. The maximum atomic E-state index is 13.0. The van der Waals surface area contributed by atoms with Gasteiger partial charge in [-0.25, -0.2) is 4.39 Å². The van der Waals surface area contributed by atoms with Gasteiger partial charge in [-0.1, -0.05) is 6.07 Å². The summed E-state index contributed by atoms with van der Waals surface area (Å²) in [7, 11) is 0. The van der Waals surface area contributed by atoms with E-state index in [9.17, 15) is 9.18 Å². The van der Waals surface area contributed by atoms with Gasteiger partial charge in [-0.05, 0) is 57.6 Å². The van der Waals surface area contributed by atoms with Gasteiger partial charge in [0.2, 0.25) is 0 Å². The van der Waals surface area contributed by atoms with E-state index in [2.05, 4.69) is 15.9 Å². The van der Waals surface area contributed by atoms with Crippen LogP contribution in [-0.4, -0.2) is 5.78 Å². The number of hydrogen-bond acceptors (Lipinski definition) is 2. The molecule has 0 N–H and O–H groups in total. The number of ketones is 1. The van der Waals surface area contributed by atoms with Gasteiger partial charge in [0, 0.05) is 6.42 Å². The summed E-state index contributed by atoms with van der Waals surface area (Å²) in [4.78, 5) is 12.8. The highest BCUT2D eigenvalue weighted by molar-refractivity contribution is 9.10. The zero-order valence-electron chi connectivity index (χ0n) is 9.17. The second-order valence-corrected chi connectivity index (χ2v) is 5.55. The Hall–Kier alpha value is -1.00. The average Bonchev–Trinajstić information content (AvgIpc) is 2.70. The fraction of sp³-hybridized carbons (Fsp3) is 0.154. The van der Waals surface area contributed by atoms with Crippen molar-refractivity contribution in [2.45, 2.75) is 13.3 Å². The van der Waals surface area contributed by atoms with Crippen LogP contribution in [0, 0.1) is 12.7 Å². The number of rotatable bonds is 3. The second kappa shape index (κ2) is 5.10. The van der Waals surface area contributed by atoms with Crippen molar-refractivity contribution in [1.82, 2.24) is 0 Å². The van der Waals surface area contributed by atoms with Crippen LogP contribution in [0.4, 0.5) is 4.39 Å². The third-order valence-corrected chi connectivity index (χ3v) is 4.13. The summed E-state index contributed by atoms with van der Waals surface area (Å²) in [6.07, 6.45) is 0.306. The van der Waals surface area contributed by atoms with Crippen LogP contribution >= 0.6 is 27.3 Å². The number of hydrogen-bond donors (Lipinski definition) is 0. The molecule has 1 nitrogen and oxygen atoms in total. The van der Waals surface area contributed by atoms with Crippen LogP contribution in [0.2, 0.25) is 0 Å². The minimum absolute atomic E-state index is 0.0796. The maximum absolute atomic E-state index is 13.0. The van der Waals surface area contributed by atoms with Crippen molar-refractivity contribution in [2.24, 2.45) is 0 Å². The van der Waals surface area contributed by atoms with E-state index in [1.54, 1.807) is 12.1 Å². The average molecular weight is 313 g/mol. The standard InChI is InChI=1S/C13H10BrFOS/c1-8-4-5-17-13(8)12(16)7-9-2-3-11(15)10(14)6-9/h2-6H,7H2,1H3. The van der Waals surface area contributed by atoms with Crippen LogP contribution in [0.3, 0.4) is 0 Å². The van der Waals surface area contributed by atoms with Crippen LogP contribution in [-0.2, 0) is 6.42 Å². The zero-order chi connectivity index (χ0) is 12.4. The van der Waals surface area contributed by atoms with E-state index in [1.165, 1.54) is 17.4 Å². The molecule has 0 aliphatic heterocycles. The monoisotopic (exact) mass is 312 g/mol. The first-order valence-corrected chi connectivity index (χ1v) is 6.76. The molecule has 1 aromatic carbocycles. The van der Waals surface area contributed by atoms with E-state index >= 15 is 0 Å². The minimum atomic E-state index is -0.312. The first-order valence-electron chi connectivity index (χ1n) is 5.09. The summed E-state index contributed by atoms with van der Waals surface area (Å²) in [5, 5.41) is 1.91. The molecule has 0 saturated heterocycles. The van der Waals surface area contributed by atoms with Crippen LogP contribution in [0.1, 0.15) is 20.8 Å². The van der Waals surface area contributed by atoms with Crippen molar-refractivity contribution >= 4 is 33.0 Å². The highest BCUT2D eigenvalue weighted by Crippen LogP contribution is 2.21. The van der Waals surface area contributed by atoms with E-state index in [-0.39, 0.29) is 11.6 Å². The summed E-state index contributed by atoms with van der Waals surface area (Å²) >= 11 is 4.56. The summed E-state index contributed by atoms with van der Waals surface area (Å²) in [5.74, 6) is -0.232. The topological polar surface area (TPSA) is 17.1 Å². The van der Waals surface area contributed by atoms with Gasteiger partial charge < -0.3 is 0 Å². The first-order chi connectivity index (χ1) is 8.08. The Balaban J connectivity index is 2.19. The summed E-state index contributed by atoms with van der Waals surface area (Å²) in [5.41, 5.74) is 1.82. The lowest BCUT2D eigenvalue weighted by Crippen LogP contribution is -2.03. The Morgan fingerprint density at radius 3 is 2.76 bits per heavy atom. The van der Waals surface area contributed by atoms with E-state index in [4.69, 9.17) is 0 Å². The van der Waals surface area contributed by atoms with Gasteiger partial charge in [0.25, 0.3) is 0 Å². The molecule has 0 radical (unpaired) electrons. The molecule has 0 aliphatic carbocycles. The number of halogens is 2. The molecule has 1 heterocycles. The SMILES string of the molecule is Cc1ccsc1C(=O)Cc1ccc(F)c(Br)c1. The van der Waals surface area contributed by atoms with Gasteiger partial charge in [0.1, 0.15) is 5.82 Å². The van der Waals surface area contributed by atoms with E-state index in [0.717, 1.165) is 16.0 Å². The molecule has 2 rings (SSSR count). The highest BCUT2D eigenvalue weighted by atomic mass is 79.9. The molecule has 1 aromatic heterocycles. The third kappa shape index (κ3) is 2.82. The summed E-state index contributed by atoms with van der Waals surface area (Å²) < 4.78 is 13.4. The Morgan fingerprint density at radius 2 is 2.18 bits per heavy atom. The normalized spacial score (nSPS) is 10.5. The molecular weight excluding hydrogens is 303 g/mol. The molecule has 0 aliphatic rings. The molecule has 4 heteroatoms.